The van der Waals surface area contributed by atoms with Crippen LogP contribution in [0.4, 0.5) is 0 Å². The minimum Gasteiger partial charge on any atom is -0.469 e. The maximum absolute atomic E-state index is 12.2. The molecule has 1 amide bonds. The summed E-state index contributed by atoms with van der Waals surface area (Å²) in [7, 11) is 0. The van der Waals surface area contributed by atoms with Crippen molar-refractivity contribution < 1.29 is 13.9 Å². The molecule has 3 heterocycles. The summed E-state index contributed by atoms with van der Waals surface area (Å²) in [6.45, 7) is 3.60. The van der Waals surface area contributed by atoms with Gasteiger partial charge in [0.2, 0.25) is 5.91 Å². The Labute approximate surface area is 135 Å². The summed E-state index contributed by atoms with van der Waals surface area (Å²) in [5, 5.41) is 7.42. The Morgan fingerprint density at radius 2 is 2.43 bits per heavy atom. The highest BCUT2D eigenvalue weighted by Gasteiger charge is 2.29. The first-order valence-electron chi connectivity index (χ1n) is 8.22. The maximum Gasteiger partial charge on any atom is 0.220 e. The summed E-state index contributed by atoms with van der Waals surface area (Å²) in [4.78, 5) is 12.2. The Morgan fingerprint density at radius 1 is 1.52 bits per heavy atom. The standard InChI is InChI=1S/C17H23N3O3/c1-2-20-12-13(11-18-20)17-15(6-4-10-23-17)19-16(21)8-7-14-5-3-9-22-14/h3,5,9,11-12,15,17H,2,4,6-8,10H2,1H3,(H,19,21)/t15-,17+/m0/s1. The van der Waals surface area contributed by atoms with E-state index in [2.05, 4.69) is 10.4 Å². The first-order chi connectivity index (χ1) is 11.3. The lowest BCUT2D eigenvalue weighted by Crippen LogP contribution is -2.42. The first kappa shape index (κ1) is 15.8. The van der Waals surface area contributed by atoms with Crippen molar-refractivity contribution in [3.05, 3.63) is 42.1 Å². The number of hydrogen-bond acceptors (Lipinski definition) is 4. The molecule has 1 aliphatic heterocycles. The maximum atomic E-state index is 12.2. The number of carbonyl (C=O) groups is 1. The third-order valence-electron chi connectivity index (χ3n) is 4.15. The van der Waals surface area contributed by atoms with Crippen LogP contribution in [-0.4, -0.2) is 28.3 Å². The van der Waals surface area contributed by atoms with E-state index in [1.54, 1.807) is 6.26 Å². The summed E-state index contributed by atoms with van der Waals surface area (Å²) in [6.07, 6.45) is 8.27. The number of hydrogen-bond donors (Lipinski definition) is 1. The molecule has 0 radical (unpaired) electrons. The second-order valence-corrected chi connectivity index (χ2v) is 5.82. The van der Waals surface area contributed by atoms with E-state index >= 15 is 0 Å². The van der Waals surface area contributed by atoms with Crippen molar-refractivity contribution in [1.29, 1.82) is 0 Å². The van der Waals surface area contributed by atoms with Crippen molar-refractivity contribution in [2.75, 3.05) is 6.61 Å². The second-order valence-electron chi connectivity index (χ2n) is 5.82. The van der Waals surface area contributed by atoms with Crippen molar-refractivity contribution >= 4 is 5.91 Å². The number of aryl methyl sites for hydroxylation is 2. The summed E-state index contributed by atoms with van der Waals surface area (Å²) < 4.78 is 13.0. The molecule has 2 aromatic heterocycles. The summed E-state index contributed by atoms with van der Waals surface area (Å²) >= 11 is 0. The Bertz CT molecular complexity index is 621. The molecule has 0 spiro atoms. The molecule has 0 aliphatic carbocycles. The molecular weight excluding hydrogens is 294 g/mol. The average molecular weight is 317 g/mol. The molecule has 1 fully saturated rings. The van der Waals surface area contributed by atoms with Gasteiger partial charge < -0.3 is 14.5 Å². The second kappa shape index (κ2) is 7.46. The van der Waals surface area contributed by atoms with Crippen LogP contribution in [0.1, 0.15) is 43.6 Å². The van der Waals surface area contributed by atoms with Gasteiger partial charge in [-0.1, -0.05) is 0 Å². The van der Waals surface area contributed by atoms with Gasteiger partial charge in [-0.25, -0.2) is 0 Å². The molecular formula is C17H23N3O3. The molecule has 3 rings (SSSR count). The number of nitrogens with one attached hydrogen (secondary N) is 1. The van der Waals surface area contributed by atoms with Crippen LogP contribution in [0.15, 0.2) is 35.2 Å². The highest BCUT2D eigenvalue weighted by atomic mass is 16.5. The fourth-order valence-corrected chi connectivity index (χ4v) is 2.93. The molecule has 0 unspecified atom stereocenters. The van der Waals surface area contributed by atoms with Gasteiger partial charge in [0, 0.05) is 37.8 Å². The van der Waals surface area contributed by atoms with Gasteiger partial charge in [0.05, 0.1) is 18.5 Å². The zero-order chi connectivity index (χ0) is 16.1. The van der Waals surface area contributed by atoms with E-state index in [9.17, 15) is 4.79 Å². The van der Waals surface area contributed by atoms with Gasteiger partial charge in [0.15, 0.2) is 0 Å². The molecule has 124 valence electrons. The highest BCUT2D eigenvalue weighted by Crippen LogP contribution is 2.28. The third-order valence-corrected chi connectivity index (χ3v) is 4.15. The van der Waals surface area contributed by atoms with E-state index in [4.69, 9.17) is 9.15 Å². The van der Waals surface area contributed by atoms with Crippen molar-refractivity contribution in [3.8, 4) is 0 Å². The average Bonchev–Trinajstić information content (AvgIpc) is 3.25. The molecule has 0 aromatic carbocycles. The largest absolute Gasteiger partial charge is 0.469 e. The van der Waals surface area contributed by atoms with Crippen molar-refractivity contribution in [2.24, 2.45) is 0 Å². The number of rotatable bonds is 6. The predicted octanol–water partition coefficient (Wildman–Crippen LogP) is 2.47. The lowest BCUT2D eigenvalue weighted by atomic mass is 9.98. The van der Waals surface area contributed by atoms with E-state index < -0.39 is 0 Å². The van der Waals surface area contributed by atoms with Crippen molar-refractivity contribution in [3.63, 3.8) is 0 Å². The third kappa shape index (κ3) is 4.01. The summed E-state index contributed by atoms with van der Waals surface area (Å²) in [6, 6.07) is 3.73. The van der Waals surface area contributed by atoms with E-state index in [-0.39, 0.29) is 18.1 Å². The van der Waals surface area contributed by atoms with Crippen molar-refractivity contribution in [1.82, 2.24) is 15.1 Å². The topological polar surface area (TPSA) is 69.3 Å². The smallest absolute Gasteiger partial charge is 0.220 e. The highest BCUT2D eigenvalue weighted by molar-refractivity contribution is 5.76. The summed E-state index contributed by atoms with van der Waals surface area (Å²) in [5.41, 5.74) is 1.03. The van der Waals surface area contributed by atoms with Crippen LogP contribution in [0.2, 0.25) is 0 Å². The Balaban J connectivity index is 1.58. The minimum absolute atomic E-state index is 0.00218. The van der Waals surface area contributed by atoms with Crippen LogP contribution in [0, 0.1) is 0 Å². The monoisotopic (exact) mass is 317 g/mol. The first-order valence-corrected chi connectivity index (χ1v) is 8.22. The van der Waals surface area contributed by atoms with Crippen LogP contribution >= 0.6 is 0 Å². The van der Waals surface area contributed by atoms with Crippen molar-refractivity contribution in [2.45, 2.75) is 51.3 Å². The molecule has 1 aliphatic rings. The lowest BCUT2D eigenvalue weighted by Gasteiger charge is -2.31. The van der Waals surface area contributed by atoms with Crippen LogP contribution < -0.4 is 5.32 Å². The fraction of sp³-hybridized carbons (Fsp3) is 0.529. The van der Waals surface area contributed by atoms with Gasteiger partial charge in [0.25, 0.3) is 0 Å². The number of nitrogens with zero attached hydrogens (tertiary/aromatic N) is 2. The van der Waals surface area contributed by atoms with Crippen LogP contribution in [0.5, 0.6) is 0 Å². The summed E-state index contributed by atoms with van der Waals surface area (Å²) in [5.74, 6) is 0.866. The molecule has 0 saturated carbocycles. The van der Waals surface area contributed by atoms with E-state index in [0.717, 1.165) is 37.3 Å². The van der Waals surface area contributed by atoms with Crippen LogP contribution in [0.25, 0.3) is 0 Å². The zero-order valence-electron chi connectivity index (χ0n) is 13.4. The Morgan fingerprint density at radius 3 is 3.17 bits per heavy atom. The van der Waals surface area contributed by atoms with E-state index in [1.165, 1.54) is 0 Å². The SMILES string of the molecule is CCn1cc([C@H]2OCCC[C@@H]2NC(=O)CCc2ccco2)cn1. The molecule has 23 heavy (non-hydrogen) atoms. The lowest BCUT2D eigenvalue weighted by molar-refractivity contribution is -0.124. The normalized spacial score (nSPS) is 21.3. The van der Waals surface area contributed by atoms with Gasteiger partial charge in [0.1, 0.15) is 11.9 Å². The van der Waals surface area contributed by atoms with Gasteiger partial charge in [-0.15, -0.1) is 0 Å². The quantitative estimate of drug-likeness (QED) is 0.888. The van der Waals surface area contributed by atoms with Gasteiger partial charge in [-0.05, 0) is 31.9 Å². The Hall–Kier alpha value is -2.08. The van der Waals surface area contributed by atoms with E-state index in [1.807, 2.05) is 36.1 Å². The molecule has 1 saturated heterocycles. The molecule has 2 aromatic rings. The number of carbonyl (C=O) groups excluding carboxylic acids is 1. The van der Waals surface area contributed by atoms with Crippen LogP contribution in [0.3, 0.4) is 0 Å². The number of ether oxygens (including phenoxy) is 1. The number of furan rings is 1. The van der Waals surface area contributed by atoms with Gasteiger partial charge in [-0.2, -0.15) is 5.10 Å². The zero-order valence-corrected chi connectivity index (χ0v) is 13.4. The van der Waals surface area contributed by atoms with Gasteiger partial charge in [-0.3, -0.25) is 9.48 Å². The fourth-order valence-electron chi connectivity index (χ4n) is 2.93. The number of aromatic nitrogens is 2. The molecule has 6 heteroatoms. The molecule has 6 nitrogen and oxygen atoms in total. The molecule has 1 N–H and O–H groups in total. The number of amides is 1. The Kier molecular flexibility index (Phi) is 5.12. The van der Waals surface area contributed by atoms with Gasteiger partial charge >= 0.3 is 0 Å². The molecule has 0 bridgehead atoms. The van der Waals surface area contributed by atoms with Crippen LogP contribution in [-0.2, 0) is 22.5 Å². The van der Waals surface area contributed by atoms with E-state index in [0.29, 0.717) is 12.8 Å². The minimum atomic E-state index is -0.114. The molecule has 2 atom stereocenters. The predicted molar refractivity (Wildman–Crippen MR) is 84.8 cm³/mol.